The van der Waals surface area contributed by atoms with Crippen molar-refractivity contribution < 1.29 is 9.59 Å². The monoisotopic (exact) mass is 304 g/mol. The summed E-state index contributed by atoms with van der Waals surface area (Å²) in [5.74, 6) is 0.405. The molecule has 0 bridgehead atoms. The lowest BCUT2D eigenvalue weighted by Gasteiger charge is -2.28. The van der Waals surface area contributed by atoms with E-state index in [0.717, 1.165) is 23.2 Å². The molecule has 114 valence electrons. The van der Waals surface area contributed by atoms with Crippen LogP contribution in [0.15, 0.2) is 48.3 Å². The molecule has 2 fully saturated rings. The van der Waals surface area contributed by atoms with Gasteiger partial charge in [-0.25, -0.2) is 0 Å². The summed E-state index contributed by atoms with van der Waals surface area (Å²) in [6.07, 6.45) is 4.62. The molecule has 1 amide bonds. The van der Waals surface area contributed by atoms with E-state index in [-0.39, 0.29) is 17.1 Å². The predicted octanol–water partition coefficient (Wildman–Crippen LogP) is 2.82. The van der Waals surface area contributed by atoms with E-state index < -0.39 is 0 Å². The lowest BCUT2D eigenvalue weighted by Crippen LogP contribution is -2.33. The first kappa shape index (κ1) is 12.9. The van der Waals surface area contributed by atoms with E-state index in [9.17, 15) is 9.59 Å². The van der Waals surface area contributed by atoms with Gasteiger partial charge in [0.15, 0.2) is 0 Å². The number of amides is 1. The number of hydrogen-bond donors (Lipinski definition) is 1. The zero-order valence-corrected chi connectivity index (χ0v) is 12.8. The number of carbonyl (C=O) groups excluding carboxylic acids is 2. The number of benzene rings is 1. The first-order chi connectivity index (χ1) is 11.1. The van der Waals surface area contributed by atoms with Gasteiger partial charge in [-0.05, 0) is 42.5 Å². The second-order valence-electron chi connectivity index (χ2n) is 6.77. The minimum atomic E-state index is -0.113. The summed E-state index contributed by atoms with van der Waals surface area (Å²) in [7, 11) is 0. The molecule has 2 heterocycles. The molecule has 2 aliphatic carbocycles. The quantitative estimate of drug-likeness (QED) is 0.881. The summed E-state index contributed by atoms with van der Waals surface area (Å²) in [4.78, 5) is 30.3. The number of rotatable bonds is 1. The molecule has 4 nitrogen and oxygen atoms in total. The van der Waals surface area contributed by atoms with Crippen LogP contribution in [-0.4, -0.2) is 28.1 Å². The van der Waals surface area contributed by atoms with Crippen molar-refractivity contribution in [2.45, 2.75) is 18.8 Å². The van der Waals surface area contributed by atoms with Crippen molar-refractivity contribution in [1.29, 1.82) is 0 Å². The van der Waals surface area contributed by atoms with Crippen LogP contribution in [0, 0.1) is 12.8 Å². The Morgan fingerprint density at radius 2 is 2.09 bits per heavy atom. The number of fused-ring (bicyclic) bond motifs is 1. The van der Waals surface area contributed by atoms with Crippen LogP contribution in [0.2, 0.25) is 0 Å². The Morgan fingerprint density at radius 3 is 2.87 bits per heavy atom. The summed E-state index contributed by atoms with van der Waals surface area (Å²) in [5, 5.41) is 0. The normalized spacial score (nSPS) is 27.2. The van der Waals surface area contributed by atoms with Gasteiger partial charge in [0, 0.05) is 35.5 Å². The molecule has 2 unspecified atom stereocenters. The number of carbonyl (C=O) groups is 2. The van der Waals surface area contributed by atoms with Crippen LogP contribution < -0.4 is 0 Å². The summed E-state index contributed by atoms with van der Waals surface area (Å²) in [5.41, 5.74) is 4.41. The second-order valence-corrected chi connectivity index (χ2v) is 6.77. The van der Waals surface area contributed by atoms with Crippen molar-refractivity contribution in [3.63, 3.8) is 0 Å². The molecular weight excluding hydrogens is 288 g/mol. The van der Waals surface area contributed by atoms with Crippen LogP contribution in [0.1, 0.15) is 38.4 Å². The molecule has 1 aliphatic heterocycles. The highest BCUT2D eigenvalue weighted by atomic mass is 16.2. The van der Waals surface area contributed by atoms with Gasteiger partial charge in [-0.15, -0.1) is 0 Å². The highest BCUT2D eigenvalue weighted by molar-refractivity contribution is 6.09. The van der Waals surface area contributed by atoms with E-state index in [1.54, 1.807) is 6.08 Å². The van der Waals surface area contributed by atoms with Crippen LogP contribution in [0.25, 0.3) is 0 Å². The Hall–Kier alpha value is -2.62. The Morgan fingerprint density at radius 1 is 1.30 bits per heavy atom. The minimum Gasteiger partial charge on any atom is -0.358 e. The minimum absolute atomic E-state index is 0.00661. The topological polar surface area (TPSA) is 53.2 Å². The number of hydrogen-bond acceptors (Lipinski definition) is 2. The maximum absolute atomic E-state index is 12.9. The summed E-state index contributed by atoms with van der Waals surface area (Å²) < 4.78 is 0. The van der Waals surface area contributed by atoms with Crippen molar-refractivity contribution in [3.05, 3.63) is 70.7 Å². The number of allylic oxidation sites excluding steroid dienone is 2. The molecule has 0 radical (unpaired) electrons. The Bertz CT molecular complexity index is 893. The molecule has 1 N–H and O–H groups in total. The van der Waals surface area contributed by atoms with E-state index >= 15 is 0 Å². The van der Waals surface area contributed by atoms with Gasteiger partial charge in [0.05, 0.1) is 5.69 Å². The fraction of sp³-hybridized carbons (Fsp3) is 0.263. The number of aryl methyl sites for hydroxylation is 1. The molecule has 23 heavy (non-hydrogen) atoms. The van der Waals surface area contributed by atoms with E-state index in [4.69, 9.17) is 0 Å². The molecule has 1 spiro atoms. The average Bonchev–Trinajstić information content (AvgIpc) is 2.96. The number of piperidine rings is 1. The largest absolute Gasteiger partial charge is 0.358 e. The number of H-pyrrole nitrogens is 1. The van der Waals surface area contributed by atoms with Gasteiger partial charge in [0.1, 0.15) is 0 Å². The molecule has 4 heteroatoms. The van der Waals surface area contributed by atoms with E-state index in [0.29, 0.717) is 23.7 Å². The molecule has 1 saturated carbocycles. The molecule has 2 aromatic rings. The number of aromatic nitrogens is 1. The summed E-state index contributed by atoms with van der Waals surface area (Å²) in [6.45, 7) is 2.74. The van der Waals surface area contributed by atoms with Gasteiger partial charge in [-0.1, -0.05) is 18.2 Å². The molecule has 2 atom stereocenters. The van der Waals surface area contributed by atoms with Crippen LogP contribution in [0.4, 0.5) is 0 Å². The highest BCUT2D eigenvalue weighted by Crippen LogP contribution is 2.67. The highest BCUT2D eigenvalue weighted by Gasteiger charge is 2.68. The van der Waals surface area contributed by atoms with Gasteiger partial charge in [0.2, 0.25) is 5.78 Å². The van der Waals surface area contributed by atoms with Crippen molar-refractivity contribution in [2.24, 2.45) is 5.92 Å². The smallest absolute Gasteiger partial charge is 0.258 e. The van der Waals surface area contributed by atoms with Crippen LogP contribution in [0.3, 0.4) is 0 Å². The number of nitrogens with zero attached hydrogens (tertiary/aromatic N) is 1. The van der Waals surface area contributed by atoms with E-state index in [2.05, 4.69) is 4.98 Å². The maximum Gasteiger partial charge on any atom is 0.258 e. The maximum atomic E-state index is 12.9. The van der Waals surface area contributed by atoms with Crippen LogP contribution in [-0.2, 0) is 5.41 Å². The second kappa shape index (κ2) is 4.02. The molecule has 1 saturated heterocycles. The zero-order valence-electron chi connectivity index (χ0n) is 12.8. The van der Waals surface area contributed by atoms with Gasteiger partial charge < -0.3 is 9.88 Å². The molecule has 3 aliphatic rings. The summed E-state index contributed by atoms with van der Waals surface area (Å²) >= 11 is 0. The fourth-order valence-corrected chi connectivity index (χ4v) is 4.48. The lowest BCUT2D eigenvalue weighted by molar-refractivity contribution is 0.0811. The number of nitrogens with one attached hydrogen (secondary N) is 1. The number of aromatic amines is 1. The predicted molar refractivity (Wildman–Crippen MR) is 85.2 cm³/mol. The van der Waals surface area contributed by atoms with Gasteiger partial charge in [-0.2, -0.15) is 0 Å². The third kappa shape index (κ3) is 1.46. The summed E-state index contributed by atoms with van der Waals surface area (Å²) in [6, 6.07) is 9.30. The average molecular weight is 304 g/mol. The lowest BCUT2D eigenvalue weighted by atomic mass is 9.83. The molecule has 1 aromatic carbocycles. The van der Waals surface area contributed by atoms with Crippen LogP contribution >= 0.6 is 0 Å². The van der Waals surface area contributed by atoms with Crippen molar-refractivity contribution in [2.75, 3.05) is 6.54 Å². The number of ketones is 1. The third-order valence-corrected chi connectivity index (χ3v) is 5.56. The van der Waals surface area contributed by atoms with Crippen LogP contribution in [0.5, 0.6) is 0 Å². The first-order valence-corrected chi connectivity index (χ1v) is 7.95. The Balaban J connectivity index is 1.62. The van der Waals surface area contributed by atoms with E-state index in [1.807, 2.05) is 48.4 Å². The zero-order chi connectivity index (χ0) is 15.8. The molecule has 5 rings (SSSR count). The molecular formula is C19H16N2O2. The third-order valence-electron chi connectivity index (χ3n) is 5.56. The Kier molecular flexibility index (Phi) is 2.25. The van der Waals surface area contributed by atoms with Crippen molar-refractivity contribution in [3.8, 4) is 0 Å². The van der Waals surface area contributed by atoms with Gasteiger partial charge >= 0.3 is 0 Å². The molecule has 1 aromatic heterocycles. The standard InChI is InChI=1S/C19H16N2O2/c1-11-9-20-17-14(22)7-15-19(16(11)17)8-13(19)10-21(15)18(23)12-5-3-2-4-6-12/h2-7,9,13,20H,8,10H2,1H3. The first-order valence-electron chi connectivity index (χ1n) is 7.95. The SMILES string of the molecule is Cc1c[nH]c2c1C13CC1CN(C(=O)c1ccccc1)C3=CC2=O. The Labute approximate surface area is 133 Å². The van der Waals surface area contributed by atoms with Crippen molar-refractivity contribution in [1.82, 2.24) is 9.88 Å². The van der Waals surface area contributed by atoms with E-state index in [1.165, 1.54) is 0 Å². The van der Waals surface area contributed by atoms with Crippen molar-refractivity contribution >= 4 is 11.7 Å². The fourth-order valence-electron chi connectivity index (χ4n) is 4.48. The van der Waals surface area contributed by atoms with Gasteiger partial charge in [0.25, 0.3) is 5.91 Å². The number of likely N-dealkylation sites (tertiary alicyclic amines) is 1. The van der Waals surface area contributed by atoms with Gasteiger partial charge in [-0.3, -0.25) is 9.59 Å².